The lowest BCUT2D eigenvalue weighted by molar-refractivity contribution is 0.0904. The van der Waals surface area contributed by atoms with Crippen molar-refractivity contribution in [3.05, 3.63) is 24.2 Å². The van der Waals surface area contributed by atoms with Gasteiger partial charge in [0.1, 0.15) is 23.8 Å². The first kappa shape index (κ1) is 13.3. The van der Waals surface area contributed by atoms with E-state index in [-0.39, 0.29) is 11.9 Å². The molecule has 0 aliphatic carbocycles. The molecule has 1 saturated heterocycles. The Morgan fingerprint density at radius 1 is 1.43 bits per heavy atom. The third kappa shape index (κ3) is 2.64. The zero-order valence-electron chi connectivity index (χ0n) is 11.4. The van der Waals surface area contributed by atoms with Crippen molar-refractivity contribution in [3.63, 3.8) is 0 Å². The summed E-state index contributed by atoms with van der Waals surface area (Å²) in [5, 5.41) is 17.0. The molecule has 0 spiro atoms. The summed E-state index contributed by atoms with van der Waals surface area (Å²) in [5.74, 6) is 1.28. The van der Waals surface area contributed by atoms with E-state index in [0.717, 1.165) is 12.8 Å². The minimum absolute atomic E-state index is 0.235. The fraction of sp³-hybridized carbons (Fsp3) is 0.385. The Morgan fingerprint density at radius 3 is 2.90 bits per heavy atom. The number of aromatic nitrogens is 4. The van der Waals surface area contributed by atoms with Gasteiger partial charge >= 0.3 is 0 Å². The van der Waals surface area contributed by atoms with Crippen molar-refractivity contribution in [2.75, 3.05) is 24.3 Å². The van der Waals surface area contributed by atoms with Crippen molar-refractivity contribution in [2.24, 2.45) is 0 Å². The number of hydrogen-bond donors (Lipinski definition) is 2. The third-order valence-electron chi connectivity index (χ3n) is 3.38. The number of nitriles is 1. The van der Waals surface area contributed by atoms with Crippen LogP contribution in [0.15, 0.2) is 18.6 Å². The van der Waals surface area contributed by atoms with E-state index in [4.69, 9.17) is 10.5 Å². The summed E-state index contributed by atoms with van der Waals surface area (Å²) in [7, 11) is 0. The smallest absolute Gasteiger partial charge is 0.169 e. The first-order chi connectivity index (χ1) is 10.3. The van der Waals surface area contributed by atoms with Gasteiger partial charge in [-0.25, -0.2) is 9.97 Å². The maximum Gasteiger partial charge on any atom is 0.169 e. The molecule has 0 unspecified atom stereocenters. The predicted molar refractivity (Wildman–Crippen MR) is 75.7 cm³/mol. The minimum atomic E-state index is 0.235. The number of ether oxygens (including phenoxy) is 1. The quantitative estimate of drug-likeness (QED) is 0.853. The van der Waals surface area contributed by atoms with E-state index in [1.807, 2.05) is 0 Å². The maximum absolute atomic E-state index is 9.31. The van der Waals surface area contributed by atoms with E-state index in [1.165, 1.54) is 11.0 Å². The van der Waals surface area contributed by atoms with Gasteiger partial charge in [0.25, 0.3) is 0 Å². The number of rotatable bonds is 3. The number of hydrogen-bond acceptors (Lipinski definition) is 7. The standard InChI is InChI=1S/C13H15N7O/c14-7-10-12(15)20(11-1-4-16-8-17-11)19-13(10)18-9-2-5-21-6-3-9/h1,4,8-9H,2-3,5-6,15H2,(H,18,19). The Morgan fingerprint density at radius 2 is 2.24 bits per heavy atom. The molecule has 8 nitrogen and oxygen atoms in total. The van der Waals surface area contributed by atoms with Gasteiger partial charge in [-0.2, -0.15) is 9.94 Å². The van der Waals surface area contributed by atoms with Gasteiger partial charge in [-0.1, -0.05) is 0 Å². The SMILES string of the molecule is N#Cc1c(NC2CCOCC2)nn(-c2ccncn2)c1N. The summed E-state index contributed by atoms with van der Waals surface area (Å²) in [6.45, 7) is 1.42. The second kappa shape index (κ2) is 5.76. The molecule has 1 aliphatic heterocycles. The fourth-order valence-electron chi connectivity index (χ4n) is 2.26. The van der Waals surface area contributed by atoms with E-state index >= 15 is 0 Å². The van der Waals surface area contributed by atoms with Gasteiger partial charge in [0.15, 0.2) is 11.6 Å². The molecular formula is C13H15N7O. The van der Waals surface area contributed by atoms with Crippen LogP contribution < -0.4 is 11.1 Å². The number of nitrogens with two attached hydrogens (primary N) is 1. The van der Waals surface area contributed by atoms with E-state index < -0.39 is 0 Å². The highest BCUT2D eigenvalue weighted by atomic mass is 16.5. The fourth-order valence-corrected chi connectivity index (χ4v) is 2.26. The number of anilines is 2. The Hall–Kier alpha value is -2.66. The zero-order valence-corrected chi connectivity index (χ0v) is 11.4. The highest BCUT2D eigenvalue weighted by molar-refractivity contribution is 5.65. The Balaban J connectivity index is 1.92. The molecule has 3 rings (SSSR count). The number of nitrogens with zero attached hydrogens (tertiary/aromatic N) is 5. The van der Waals surface area contributed by atoms with Crippen LogP contribution in [0.1, 0.15) is 18.4 Å². The van der Waals surface area contributed by atoms with Crippen LogP contribution in [0.5, 0.6) is 0 Å². The molecule has 0 saturated carbocycles. The molecule has 8 heteroatoms. The molecule has 0 radical (unpaired) electrons. The van der Waals surface area contributed by atoms with Crippen molar-refractivity contribution in [2.45, 2.75) is 18.9 Å². The van der Waals surface area contributed by atoms with E-state index in [2.05, 4.69) is 26.5 Å². The molecule has 0 aromatic carbocycles. The van der Waals surface area contributed by atoms with E-state index in [0.29, 0.717) is 30.4 Å². The van der Waals surface area contributed by atoms with Gasteiger partial charge in [0.05, 0.1) is 0 Å². The summed E-state index contributed by atoms with van der Waals surface area (Å²) in [6.07, 6.45) is 4.77. The first-order valence-corrected chi connectivity index (χ1v) is 6.69. The van der Waals surface area contributed by atoms with Crippen LogP contribution in [0.3, 0.4) is 0 Å². The van der Waals surface area contributed by atoms with Gasteiger partial charge < -0.3 is 15.8 Å². The summed E-state index contributed by atoms with van der Waals surface area (Å²) in [4.78, 5) is 7.95. The maximum atomic E-state index is 9.31. The zero-order chi connectivity index (χ0) is 14.7. The van der Waals surface area contributed by atoms with Crippen LogP contribution in [-0.2, 0) is 4.74 Å². The van der Waals surface area contributed by atoms with Crippen molar-refractivity contribution in [1.29, 1.82) is 5.26 Å². The van der Waals surface area contributed by atoms with E-state index in [9.17, 15) is 5.26 Å². The topological polar surface area (TPSA) is 115 Å². The van der Waals surface area contributed by atoms with E-state index in [1.54, 1.807) is 12.3 Å². The average Bonchev–Trinajstić information content (AvgIpc) is 2.85. The highest BCUT2D eigenvalue weighted by Crippen LogP contribution is 2.25. The Kier molecular flexibility index (Phi) is 3.66. The first-order valence-electron chi connectivity index (χ1n) is 6.69. The molecule has 21 heavy (non-hydrogen) atoms. The predicted octanol–water partition coefficient (Wildman–Crippen LogP) is 0.707. The van der Waals surface area contributed by atoms with Crippen molar-refractivity contribution in [3.8, 4) is 11.9 Å². The summed E-state index contributed by atoms with van der Waals surface area (Å²) in [5.41, 5.74) is 6.34. The minimum Gasteiger partial charge on any atom is -0.382 e. The number of nitrogens with one attached hydrogen (secondary N) is 1. The number of nitrogen functional groups attached to an aromatic ring is 1. The molecular weight excluding hydrogens is 270 g/mol. The molecule has 3 N–H and O–H groups in total. The molecule has 1 aliphatic rings. The summed E-state index contributed by atoms with van der Waals surface area (Å²) in [6, 6.07) is 4.02. The van der Waals surface area contributed by atoms with Crippen LogP contribution in [-0.4, -0.2) is 39.0 Å². The molecule has 0 amide bonds. The third-order valence-corrected chi connectivity index (χ3v) is 3.38. The van der Waals surface area contributed by atoms with Gasteiger partial charge in [0, 0.05) is 31.5 Å². The normalized spacial score (nSPS) is 15.6. The van der Waals surface area contributed by atoms with Crippen LogP contribution in [0.2, 0.25) is 0 Å². The second-order valence-electron chi connectivity index (χ2n) is 4.73. The summed E-state index contributed by atoms with van der Waals surface area (Å²) < 4.78 is 6.77. The van der Waals surface area contributed by atoms with Crippen LogP contribution >= 0.6 is 0 Å². The molecule has 108 valence electrons. The van der Waals surface area contributed by atoms with Gasteiger partial charge in [0.2, 0.25) is 0 Å². The van der Waals surface area contributed by atoms with Crippen LogP contribution in [0, 0.1) is 11.3 Å². The average molecular weight is 285 g/mol. The van der Waals surface area contributed by atoms with Gasteiger partial charge in [-0.15, -0.1) is 5.10 Å². The summed E-state index contributed by atoms with van der Waals surface area (Å²) >= 11 is 0. The van der Waals surface area contributed by atoms with Crippen LogP contribution in [0.25, 0.3) is 5.82 Å². The molecule has 2 aromatic rings. The molecule has 3 heterocycles. The Labute approximate surface area is 121 Å². The van der Waals surface area contributed by atoms with Gasteiger partial charge in [-0.3, -0.25) is 0 Å². The monoisotopic (exact) mass is 285 g/mol. The van der Waals surface area contributed by atoms with Gasteiger partial charge in [-0.05, 0) is 12.8 Å². The molecule has 1 fully saturated rings. The lowest BCUT2D eigenvalue weighted by Crippen LogP contribution is -2.28. The van der Waals surface area contributed by atoms with Crippen molar-refractivity contribution < 1.29 is 4.74 Å². The second-order valence-corrected chi connectivity index (χ2v) is 4.73. The molecule has 0 atom stereocenters. The Bertz CT molecular complexity index is 655. The van der Waals surface area contributed by atoms with Crippen molar-refractivity contribution in [1.82, 2.24) is 19.7 Å². The van der Waals surface area contributed by atoms with Crippen LogP contribution in [0.4, 0.5) is 11.6 Å². The van der Waals surface area contributed by atoms with Crippen molar-refractivity contribution >= 4 is 11.6 Å². The molecule has 0 bridgehead atoms. The lowest BCUT2D eigenvalue weighted by atomic mass is 10.1. The highest BCUT2D eigenvalue weighted by Gasteiger charge is 2.21. The molecule has 2 aromatic heterocycles. The lowest BCUT2D eigenvalue weighted by Gasteiger charge is -2.22. The largest absolute Gasteiger partial charge is 0.382 e.